The first-order valence-corrected chi connectivity index (χ1v) is 11.0. The van der Waals surface area contributed by atoms with Crippen LogP contribution in [0.4, 0.5) is 11.5 Å². The molecule has 0 amide bonds. The van der Waals surface area contributed by atoms with E-state index in [-0.39, 0.29) is 11.2 Å². The SMILES string of the molecule is Cc1cc(N2CCN(Cc3nc4ccccc4c(=O)[nH]3)CC2)nc(-c2cccc([N+](=O)[O-])c2)n1. The molecule has 2 aromatic heterocycles. The quantitative estimate of drug-likeness (QED) is 0.359. The number of aromatic nitrogens is 4. The second-order valence-corrected chi connectivity index (χ2v) is 8.29. The normalized spacial score (nSPS) is 14.4. The Hall–Kier alpha value is -4.18. The van der Waals surface area contributed by atoms with Gasteiger partial charge in [-0.15, -0.1) is 0 Å². The summed E-state index contributed by atoms with van der Waals surface area (Å²) in [4.78, 5) is 44.2. The zero-order valence-corrected chi connectivity index (χ0v) is 18.6. The van der Waals surface area contributed by atoms with Gasteiger partial charge in [0.05, 0.1) is 22.4 Å². The molecule has 0 aliphatic carbocycles. The Bertz CT molecular complexity index is 1430. The maximum atomic E-state index is 12.3. The van der Waals surface area contributed by atoms with Gasteiger partial charge in [-0.05, 0) is 19.1 Å². The Labute approximate surface area is 195 Å². The van der Waals surface area contributed by atoms with E-state index < -0.39 is 4.92 Å². The number of benzene rings is 2. The lowest BCUT2D eigenvalue weighted by molar-refractivity contribution is -0.384. The van der Waals surface area contributed by atoms with Crippen molar-refractivity contribution in [1.82, 2.24) is 24.8 Å². The second-order valence-electron chi connectivity index (χ2n) is 8.29. The summed E-state index contributed by atoms with van der Waals surface area (Å²) >= 11 is 0. The van der Waals surface area contributed by atoms with Crippen LogP contribution < -0.4 is 10.5 Å². The Morgan fingerprint density at radius 3 is 2.59 bits per heavy atom. The number of rotatable bonds is 5. The van der Waals surface area contributed by atoms with Crippen LogP contribution in [0, 0.1) is 17.0 Å². The van der Waals surface area contributed by atoms with Crippen LogP contribution in [0.2, 0.25) is 0 Å². The van der Waals surface area contributed by atoms with Crippen molar-refractivity contribution in [2.24, 2.45) is 0 Å². The number of aromatic amines is 1. The van der Waals surface area contributed by atoms with Crippen molar-refractivity contribution in [3.05, 3.63) is 86.6 Å². The lowest BCUT2D eigenvalue weighted by Crippen LogP contribution is -2.46. The molecule has 0 unspecified atom stereocenters. The molecule has 1 aliphatic rings. The molecule has 0 spiro atoms. The molecule has 2 aromatic carbocycles. The average Bonchev–Trinajstić information content (AvgIpc) is 2.84. The maximum Gasteiger partial charge on any atom is 0.270 e. The van der Waals surface area contributed by atoms with Gasteiger partial charge in [0.15, 0.2) is 5.82 Å². The van der Waals surface area contributed by atoms with E-state index in [2.05, 4.69) is 24.8 Å². The predicted octanol–water partition coefficient (Wildman–Crippen LogP) is 2.92. The highest BCUT2D eigenvalue weighted by atomic mass is 16.6. The molecule has 0 saturated carbocycles. The topological polar surface area (TPSA) is 121 Å². The number of anilines is 1. The molecule has 1 N–H and O–H groups in total. The molecule has 34 heavy (non-hydrogen) atoms. The van der Waals surface area contributed by atoms with Crippen LogP contribution in [0.1, 0.15) is 11.5 Å². The van der Waals surface area contributed by atoms with Crippen LogP contribution in [-0.2, 0) is 6.54 Å². The van der Waals surface area contributed by atoms with Gasteiger partial charge in [-0.25, -0.2) is 15.0 Å². The number of non-ortho nitro benzene ring substituents is 1. The summed E-state index contributed by atoms with van der Waals surface area (Å²) in [6.07, 6.45) is 0. The van der Waals surface area contributed by atoms with Gasteiger partial charge in [0.1, 0.15) is 11.6 Å². The number of nitrogens with one attached hydrogen (secondary N) is 1. The first kappa shape index (κ1) is 21.7. The summed E-state index contributed by atoms with van der Waals surface area (Å²) in [5.41, 5.74) is 2.00. The van der Waals surface area contributed by atoms with Gasteiger partial charge < -0.3 is 9.88 Å². The summed E-state index contributed by atoms with van der Waals surface area (Å²) in [7, 11) is 0. The number of H-pyrrole nitrogens is 1. The van der Waals surface area contributed by atoms with Gasteiger partial charge in [-0.2, -0.15) is 0 Å². The van der Waals surface area contributed by atoms with Crippen molar-refractivity contribution < 1.29 is 4.92 Å². The van der Waals surface area contributed by atoms with E-state index in [4.69, 9.17) is 4.98 Å². The average molecular weight is 457 g/mol. The number of hydrogen-bond acceptors (Lipinski definition) is 8. The Kier molecular flexibility index (Phi) is 5.72. The van der Waals surface area contributed by atoms with Crippen molar-refractivity contribution in [2.75, 3.05) is 31.1 Å². The minimum absolute atomic E-state index is 0.0121. The highest BCUT2D eigenvalue weighted by Gasteiger charge is 2.20. The molecule has 1 saturated heterocycles. The smallest absolute Gasteiger partial charge is 0.270 e. The third-order valence-electron chi connectivity index (χ3n) is 5.89. The van der Waals surface area contributed by atoms with Crippen LogP contribution in [0.15, 0.2) is 59.4 Å². The Balaban J connectivity index is 1.30. The van der Waals surface area contributed by atoms with Crippen LogP contribution in [-0.4, -0.2) is 55.9 Å². The number of piperazine rings is 1. The minimum Gasteiger partial charge on any atom is -0.354 e. The summed E-state index contributed by atoms with van der Waals surface area (Å²) in [5, 5.41) is 11.7. The zero-order valence-electron chi connectivity index (χ0n) is 18.6. The predicted molar refractivity (Wildman–Crippen MR) is 129 cm³/mol. The molecule has 3 heterocycles. The molecule has 172 valence electrons. The number of hydrogen-bond donors (Lipinski definition) is 1. The van der Waals surface area contributed by atoms with Gasteiger partial charge >= 0.3 is 0 Å². The number of aryl methyl sites for hydroxylation is 1. The molecule has 4 aromatic rings. The van der Waals surface area contributed by atoms with Crippen molar-refractivity contribution >= 4 is 22.4 Å². The highest BCUT2D eigenvalue weighted by Crippen LogP contribution is 2.24. The fraction of sp³-hybridized carbons (Fsp3) is 0.250. The van der Waals surface area contributed by atoms with Crippen LogP contribution in [0.5, 0.6) is 0 Å². The lowest BCUT2D eigenvalue weighted by atomic mass is 10.2. The number of nitro groups is 1. The molecule has 10 nitrogen and oxygen atoms in total. The Morgan fingerprint density at radius 1 is 1.00 bits per heavy atom. The van der Waals surface area contributed by atoms with E-state index >= 15 is 0 Å². The largest absolute Gasteiger partial charge is 0.354 e. The first-order chi connectivity index (χ1) is 16.5. The number of nitrogens with zero attached hydrogens (tertiary/aromatic N) is 6. The molecule has 5 rings (SSSR count). The van der Waals surface area contributed by atoms with E-state index in [1.165, 1.54) is 12.1 Å². The fourth-order valence-electron chi connectivity index (χ4n) is 4.16. The standard InChI is InChI=1S/C24H23N7O3/c1-16-13-22(28-23(25-16)17-5-4-6-18(14-17)31(33)34)30-11-9-29(10-12-30)15-21-26-20-8-3-2-7-19(20)24(32)27-21/h2-8,13-14H,9-12,15H2,1H3,(H,26,27,32). The molecule has 0 atom stereocenters. The lowest BCUT2D eigenvalue weighted by Gasteiger charge is -2.35. The number of para-hydroxylation sites is 1. The van der Waals surface area contributed by atoms with Crippen LogP contribution in [0.25, 0.3) is 22.3 Å². The van der Waals surface area contributed by atoms with Crippen LogP contribution in [0.3, 0.4) is 0 Å². The molecular weight excluding hydrogens is 434 g/mol. The number of fused-ring (bicyclic) bond motifs is 1. The van der Waals surface area contributed by atoms with E-state index in [1.54, 1.807) is 18.2 Å². The van der Waals surface area contributed by atoms with Gasteiger partial charge in [-0.1, -0.05) is 24.3 Å². The molecular formula is C24H23N7O3. The number of nitro benzene ring substituents is 1. The van der Waals surface area contributed by atoms with Gasteiger partial charge in [0.2, 0.25) is 0 Å². The van der Waals surface area contributed by atoms with Gasteiger partial charge in [-0.3, -0.25) is 19.8 Å². The second kappa shape index (κ2) is 8.99. The fourth-order valence-corrected chi connectivity index (χ4v) is 4.16. The van der Waals surface area contributed by atoms with E-state index in [0.29, 0.717) is 34.7 Å². The maximum absolute atomic E-state index is 12.3. The molecule has 0 bridgehead atoms. The third-order valence-corrected chi connectivity index (χ3v) is 5.89. The molecule has 0 radical (unpaired) electrons. The van der Waals surface area contributed by atoms with Crippen LogP contribution >= 0.6 is 0 Å². The van der Waals surface area contributed by atoms with E-state index in [0.717, 1.165) is 37.7 Å². The van der Waals surface area contributed by atoms with E-state index in [1.807, 2.05) is 31.2 Å². The molecule has 10 heteroatoms. The zero-order chi connectivity index (χ0) is 23.7. The first-order valence-electron chi connectivity index (χ1n) is 11.0. The summed E-state index contributed by atoms with van der Waals surface area (Å²) in [6.45, 7) is 5.53. The Morgan fingerprint density at radius 2 is 1.79 bits per heavy atom. The monoisotopic (exact) mass is 457 g/mol. The van der Waals surface area contributed by atoms with Crippen molar-refractivity contribution in [2.45, 2.75) is 13.5 Å². The van der Waals surface area contributed by atoms with E-state index in [9.17, 15) is 14.9 Å². The minimum atomic E-state index is -0.420. The van der Waals surface area contributed by atoms with Gasteiger partial charge in [0.25, 0.3) is 11.2 Å². The van der Waals surface area contributed by atoms with Gasteiger partial charge in [0, 0.05) is 55.6 Å². The summed E-state index contributed by atoms with van der Waals surface area (Å²) in [5.74, 6) is 1.92. The van der Waals surface area contributed by atoms with Crippen molar-refractivity contribution in [1.29, 1.82) is 0 Å². The third kappa shape index (κ3) is 4.48. The van der Waals surface area contributed by atoms with Crippen molar-refractivity contribution in [3.63, 3.8) is 0 Å². The summed E-state index contributed by atoms with van der Waals surface area (Å²) < 4.78 is 0. The molecule has 1 aliphatic heterocycles. The van der Waals surface area contributed by atoms with Crippen molar-refractivity contribution in [3.8, 4) is 11.4 Å². The summed E-state index contributed by atoms with van der Waals surface area (Å²) in [6, 6.07) is 15.6. The highest BCUT2D eigenvalue weighted by molar-refractivity contribution is 5.77. The molecule has 1 fully saturated rings.